The molecule has 2 saturated heterocycles. The van der Waals surface area contributed by atoms with Crippen LogP contribution in [-0.2, 0) is 14.3 Å². The number of carbonyl (C=O) groups is 1. The molecule has 15 heavy (non-hydrogen) atoms. The first-order chi connectivity index (χ1) is 7.16. The van der Waals surface area contributed by atoms with Crippen molar-refractivity contribution in [2.75, 3.05) is 6.61 Å². The van der Waals surface area contributed by atoms with E-state index in [1.807, 2.05) is 0 Å². The van der Waals surface area contributed by atoms with Crippen LogP contribution in [0.25, 0.3) is 0 Å². The number of carbonyl (C=O) groups excluding carboxylic acids is 1. The minimum Gasteiger partial charge on any atom is -0.343 e. The molecule has 3 aliphatic rings. The average molecular weight is 208 g/mol. The predicted molar refractivity (Wildman–Crippen MR) is 54.2 cm³/mol. The lowest BCUT2D eigenvalue weighted by Crippen LogP contribution is -2.45. The standard InChI is InChI=1S/C12H16O3/c1-6-3-8-9(4-7(6)2)11(13)12-14-5-10(8)15-12/h8-10,12H,3-5H2,1-2H3/t8?,9-,10-,12-/m1/s1. The number of hydrogen-bond donors (Lipinski definition) is 0. The molecular weight excluding hydrogens is 192 g/mol. The Kier molecular flexibility index (Phi) is 2.01. The molecule has 0 N–H and O–H groups in total. The highest BCUT2D eigenvalue weighted by molar-refractivity contribution is 5.86. The first-order valence-corrected chi connectivity index (χ1v) is 5.63. The van der Waals surface area contributed by atoms with Gasteiger partial charge in [-0.3, -0.25) is 4.79 Å². The molecule has 2 fully saturated rings. The third kappa shape index (κ3) is 1.30. The Morgan fingerprint density at radius 1 is 1.20 bits per heavy atom. The molecule has 3 nitrogen and oxygen atoms in total. The monoisotopic (exact) mass is 208 g/mol. The number of allylic oxidation sites excluding steroid dienone is 2. The number of ether oxygens (including phenoxy) is 2. The van der Waals surface area contributed by atoms with Gasteiger partial charge in [0.2, 0.25) is 6.29 Å². The molecule has 0 spiro atoms. The van der Waals surface area contributed by atoms with Gasteiger partial charge in [-0.15, -0.1) is 0 Å². The largest absolute Gasteiger partial charge is 0.343 e. The van der Waals surface area contributed by atoms with Gasteiger partial charge in [-0.25, -0.2) is 0 Å². The van der Waals surface area contributed by atoms with E-state index in [1.54, 1.807) is 0 Å². The third-order valence-corrected chi connectivity index (χ3v) is 4.10. The Bertz CT molecular complexity index is 345. The van der Waals surface area contributed by atoms with E-state index in [4.69, 9.17) is 9.47 Å². The zero-order valence-corrected chi connectivity index (χ0v) is 9.16. The number of fused-ring (bicyclic) bond motifs is 4. The van der Waals surface area contributed by atoms with Crippen LogP contribution in [-0.4, -0.2) is 24.8 Å². The van der Waals surface area contributed by atoms with Crippen molar-refractivity contribution < 1.29 is 14.3 Å². The molecule has 0 aromatic carbocycles. The quantitative estimate of drug-likeness (QED) is 0.568. The van der Waals surface area contributed by atoms with Crippen LogP contribution in [0.15, 0.2) is 11.1 Å². The number of ketones is 1. The van der Waals surface area contributed by atoms with Gasteiger partial charge >= 0.3 is 0 Å². The molecule has 2 aliphatic heterocycles. The molecule has 0 saturated carbocycles. The molecule has 0 aromatic heterocycles. The van der Waals surface area contributed by atoms with E-state index in [0.717, 1.165) is 12.8 Å². The van der Waals surface area contributed by atoms with Crippen molar-refractivity contribution in [3.05, 3.63) is 11.1 Å². The second kappa shape index (κ2) is 3.16. The van der Waals surface area contributed by atoms with E-state index in [0.29, 0.717) is 12.5 Å². The summed E-state index contributed by atoms with van der Waals surface area (Å²) in [6.45, 7) is 4.90. The summed E-state index contributed by atoms with van der Waals surface area (Å²) in [6, 6.07) is 0. The molecule has 0 radical (unpaired) electrons. The summed E-state index contributed by atoms with van der Waals surface area (Å²) in [5.41, 5.74) is 2.81. The SMILES string of the molecule is CC1=C(C)C[C@H]2C(=O)[C@@H]3OC[C@@H](O3)C2C1. The second-order valence-corrected chi connectivity index (χ2v) is 4.98. The molecule has 0 amide bonds. The van der Waals surface area contributed by atoms with Crippen LogP contribution in [0.4, 0.5) is 0 Å². The first kappa shape index (κ1) is 9.55. The zero-order chi connectivity index (χ0) is 10.6. The average Bonchev–Trinajstić information content (AvgIpc) is 2.64. The molecule has 4 atom stereocenters. The first-order valence-electron chi connectivity index (χ1n) is 5.63. The van der Waals surface area contributed by atoms with E-state index in [2.05, 4.69) is 13.8 Å². The van der Waals surface area contributed by atoms with Crippen LogP contribution < -0.4 is 0 Å². The minimum absolute atomic E-state index is 0.153. The fourth-order valence-electron chi connectivity index (χ4n) is 3.00. The van der Waals surface area contributed by atoms with Gasteiger partial charge < -0.3 is 9.47 Å². The molecular formula is C12H16O3. The van der Waals surface area contributed by atoms with Crippen molar-refractivity contribution in [3.63, 3.8) is 0 Å². The third-order valence-electron chi connectivity index (χ3n) is 4.10. The summed E-state index contributed by atoms with van der Waals surface area (Å²) in [4.78, 5) is 12.0. The van der Waals surface area contributed by atoms with Gasteiger partial charge in [0, 0.05) is 11.8 Å². The van der Waals surface area contributed by atoms with Gasteiger partial charge in [0.1, 0.15) is 0 Å². The van der Waals surface area contributed by atoms with Gasteiger partial charge in [-0.05, 0) is 26.7 Å². The van der Waals surface area contributed by atoms with Crippen LogP contribution in [0.3, 0.4) is 0 Å². The van der Waals surface area contributed by atoms with Gasteiger partial charge in [-0.2, -0.15) is 0 Å². The lowest BCUT2D eigenvalue weighted by molar-refractivity contribution is -0.166. The maximum atomic E-state index is 12.0. The maximum Gasteiger partial charge on any atom is 0.218 e. The van der Waals surface area contributed by atoms with Crippen molar-refractivity contribution in [3.8, 4) is 0 Å². The van der Waals surface area contributed by atoms with Crippen LogP contribution in [0.5, 0.6) is 0 Å². The Morgan fingerprint density at radius 2 is 1.93 bits per heavy atom. The highest BCUT2D eigenvalue weighted by Gasteiger charge is 2.50. The van der Waals surface area contributed by atoms with Crippen LogP contribution in [0.2, 0.25) is 0 Å². The fraction of sp³-hybridized carbons (Fsp3) is 0.750. The Balaban J connectivity index is 1.94. The summed E-state index contributed by atoms with van der Waals surface area (Å²) in [7, 11) is 0. The topological polar surface area (TPSA) is 35.5 Å². The molecule has 0 aromatic rings. The highest BCUT2D eigenvalue weighted by atomic mass is 16.7. The van der Waals surface area contributed by atoms with Crippen molar-refractivity contribution in [1.29, 1.82) is 0 Å². The number of Topliss-reactive ketones (excluding diaryl/α,β-unsaturated/α-hetero) is 1. The Hall–Kier alpha value is -0.670. The van der Waals surface area contributed by atoms with Crippen molar-refractivity contribution in [1.82, 2.24) is 0 Å². The number of rotatable bonds is 0. The summed E-state index contributed by atoms with van der Waals surface area (Å²) in [5, 5.41) is 0. The van der Waals surface area contributed by atoms with Crippen molar-refractivity contribution in [2.45, 2.75) is 39.1 Å². The molecule has 3 heteroatoms. The van der Waals surface area contributed by atoms with E-state index in [9.17, 15) is 4.79 Å². The summed E-state index contributed by atoms with van der Waals surface area (Å²) >= 11 is 0. The van der Waals surface area contributed by atoms with Gasteiger partial charge in [0.15, 0.2) is 5.78 Å². The molecule has 2 heterocycles. The predicted octanol–water partition coefficient (Wildman–Crippen LogP) is 1.67. The lowest BCUT2D eigenvalue weighted by atomic mass is 9.71. The van der Waals surface area contributed by atoms with E-state index in [-0.39, 0.29) is 17.8 Å². The highest BCUT2D eigenvalue weighted by Crippen LogP contribution is 2.43. The van der Waals surface area contributed by atoms with E-state index < -0.39 is 6.29 Å². The maximum absolute atomic E-state index is 12.0. The second-order valence-electron chi connectivity index (χ2n) is 4.98. The van der Waals surface area contributed by atoms with Gasteiger partial charge in [0.25, 0.3) is 0 Å². The van der Waals surface area contributed by atoms with E-state index >= 15 is 0 Å². The smallest absolute Gasteiger partial charge is 0.218 e. The summed E-state index contributed by atoms with van der Waals surface area (Å²) in [6.07, 6.45) is 1.51. The molecule has 1 aliphatic carbocycles. The van der Waals surface area contributed by atoms with Crippen LogP contribution >= 0.6 is 0 Å². The summed E-state index contributed by atoms with van der Waals surface area (Å²) in [5.74, 6) is 0.681. The summed E-state index contributed by atoms with van der Waals surface area (Å²) < 4.78 is 10.9. The zero-order valence-electron chi connectivity index (χ0n) is 9.16. The van der Waals surface area contributed by atoms with Crippen LogP contribution in [0, 0.1) is 11.8 Å². The lowest BCUT2D eigenvalue weighted by Gasteiger charge is -2.38. The fourth-order valence-corrected chi connectivity index (χ4v) is 3.00. The molecule has 3 rings (SSSR count). The Morgan fingerprint density at radius 3 is 2.73 bits per heavy atom. The molecule has 82 valence electrons. The van der Waals surface area contributed by atoms with Crippen LogP contribution in [0.1, 0.15) is 26.7 Å². The van der Waals surface area contributed by atoms with Crippen molar-refractivity contribution in [2.24, 2.45) is 11.8 Å². The molecule has 1 unspecified atom stereocenters. The van der Waals surface area contributed by atoms with Gasteiger partial charge in [0.05, 0.1) is 12.7 Å². The van der Waals surface area contributed by atoms with E-state index in [1.165, 1.54) is 11.1 Å². The normalized spacial score (nSPS) is 44.5. The molecule has 2 bridgehead atoms. The Labute approximate surface area is 89.4 Å². The minimum atomic E-state index is -0.553. The van der Waals surface area contributed by atoms with Crippen molar-refractivity contribution >= 4 is 5.78 Å². The number of hydrogen-bond acceptors (Lipinski definition) is 3. The van der Waals surface area contributed by atoms with Gasteiger partial charge in [-0.1, -0.05) is 11.1 Å².